The van der Waals surface area contributed by atoms with Crippen molar-refractivity contribution < 1.29 is 4.52 Å². The molecule has 1 atom stereocenters. The highest BCUT2D eigenvalue weighted by Gasteiger charge is 2.14. The Hall–Kier alpha value is -2.20. The highest BCUT2D eigenvalue weighted by molar-refractivity contribution is 5.86. The number of nitrogens with one attached hydrogen (secondary N) is 1. The minimum Gasteiger partial charge on any atom is -0.337 e. The molecule has 0 radical (unpaired) electrons. The Morgan fingerprint density at radius 3 is 2.76 bits per heavy atom. The smallest absolute Gasteiger partial charge is 0.243 e. The summed E-state index contributed by atoms with van der Waals surface area (Å²) < 4.78 is 5.37. The molecule has 108 valence electrons. The van der Waals surface area contributed by atoms with Gasteiger partial charge in [0.15, 0.2) is 0 Å². The maximum atomic E-state index is 5.37. The first-order valence-electron chi connectivity index (χ1n) is 7.34. The second-order valence-electron chi connectivity index (χ2n) is 5.19. The molecule has 4 heteroatoms. The van der Waals surface area contributed by atoms with Gasteiger partial charge >= 0.3 is 0 Å². The summed E-state index contributed by atoms with van der Waals surface area (Å²) in [6.45, 7) is 5.11. The summed E-state index contributed by atoms with van der Waals surface area (Å²) in [5.74, 6) is 1.27. The number of aromatic nitrogens is 2. The highest BCUT2D eigenvalue weighted by atomic mass is 16.5. The Kier molecular flexibility index (Phi) is 3.97. The van der Waals surface area contributed by atoms with Gasteiger partial charge in [-0.1, -0.05) is 48.5 Å². The third-order valence-electron chi connectivity index (χ3n) is 3.52. The van der Waals surface area contributed by atoms with Crippen LogP contribution in [0.4, 0.5) is 0 Å². The zero-order chi connectivity index (χ0) is 14.7. The topological polar surface area (TPSA) is 51.0 Å². The highest BCUT2D eigenvalue weighted by Crippen LogP contribution is 2.23. The largest absolute Gasteiger partial charge is 0.337 e. The van der Waals surface area contributed by atoms with Gasteiger partial charge < -0.3 is 9.84 Å². The van der Waals surface area contributed by atoms with Crippen molar-refractivity contribution in [1.29, 1.82) is 0 Å². The monoisotopic (exact) mass is 281 g/mol. The van der Waals surface area contributed by atoms with Gasteiger partial charge in [0, 0.05) is 5.56 Å². The van der Waals surface area contributed by atoms with Gasteiger partial charge in [-0.15, -0.1) is 0 Å². The van der Waals surface area contributed by atoms with Crippen LogP contribution < -0.4 is 5.32 Å². The Bertz CT molecular complexity index is 735. The summed E-state index contributed by atoms with van der Waals surface area (Å²) in [6, 6.07) is 14.5. The molecule has 21 heavy (non-hydrogen) atoms. The van der Waals surface area contributed by atoms with Gasteiger partial charge in [0.2, 0.25) is 11.7 Å². The summed E-state index contributed by atoms with van der Waals surface area (Å²) in [4.78, 5) is 4.50. The van der Waals surface area contributed by atoms with Crippen LogP contribution in [0.3, 0.4) is 0 Å². The van der Waals surface area contributed by atoms with Crippen LogP contribution in [0.5, 0.6) is 0 Å². The van der Waals surface area contributed by atoms with Crippen molar-refractivity contribution in [2.45, 2.75) is 26.3 Å². The molecular formula is C17H19N3O. The van der Waals surface area contributed by atoms with Crippen LogP contribution in [-0.2, 0) is 0 Å². The molecule has 1 N–H and O–H groups in total. The fourth-order valence-electron chi connectivity index (χ4n) is 2.30. The van der Waals surface area contributed by atoms with Crippen molar-refractivity contribution in [2.24, 2.45) is 0 Å². The van der Waals surface area contributed by atoms with Crippen molar-refractivity contribution in [1.82, 2.24) is 15.5 Å². The number of fused-ring (bicyclic) bond motifs is 1. The van der Waals surface area contributed by atoms with E-state index in [0.717, 1.165) is 18.5 Å². The molecule has 3 rings (SSSR count). The van der Waals surface area contributed by atoms with Gasteiger partial charge in [0.25, 0.3) is 0 Å². The SMILES string of the molecule is CCCNC(C)c1nc(-c2ccc3ccccc3c2)no1. The number of hydrogen-bond acceptors (Lipinski definition) is 4. The van der Waals surface area contributed by atoms with Gasteiger partial charge in [-0.2, -0.15) is 4.98 Å². The van der Waals surface area contributed by atoms with E-state index in [1.807, 2.05) is 25.1 Å². The summed E-state index contributed by atoms with van der Waals surface area (Å²) in [6.07, 6.45) is 1.08. The Morgan fingerprint density at radius 2 is 1.95 bits per heavy atom. The lowest BCUT2D eigenvalue weighted by Crippen LogP contribution is -2.19. The van der Waals surface area contributed by atoms with Gasteiger partial charge in [0.1, 0.15) is 0 Å². The Morgan fingerprint density at radius 1 is 1.14 bits per heavy atom. The molecule has 0 amide bonds. The van der Waals surface area contributed by atoms with E-state index in [-0.39, 0.29) is 6.04 Å². The average Bonchev–Trinajstić information content (AvgIpc) is 3.02. The normalized spacial score (nSPS) is 12.7. The third-order valence-corrected chi connectivity index (χ3v) is 3.52. The minimum atomic E-state index is 0.0756. The Balaban J connectivity index is 1.87. The van der Waals surface area contributed by atoms with Crippen molar-refractivity contribution in [3.8, 4) is 11.4 Å². The van der Waals surface area contributed by atoms with E-state index in [0.29, 0.717) is 11.7 Å². The minimum absolute atomic E-state index is 0.0756. The van der Waals surface area contributed by atoms with Crippen LogP contribution in [0.25, 0.3) is 22.2 Å². The zero-order valence-corrected chi connectivity index (χ0v) is 12.3. The van der Waals surface area contributed by atoms with Crippen molar-refractivity contribution >= 4 is 10.8 Å². The number of rotatable bonds is 5. The van der Waals surface area contributed by atoms with E-state index in [1.165, 1.54) is 10.8 Å². The summed E-state index contributed by atoms with van der Waals surface area (Å²) in [5.41, 5.74) is 0.978. The van der Waals surface area contributed by atoms with Crippen molar-refractivity contribution in [3.05, 3.63) is 48.4 Å². The van der Waals surface area contributed by atoms with E-state index in [9.17, 15) is 0 Å². The van der Waals surface area contributed by atoms with Crippen LogP contribution in [0.1, 0.15) is 32.2 Å². The maximum absolute atomic E-state index is 5.37. The second-order valence-corrected chi connectivity index (χ2v) is 5.19. The molecule has 1 unspecified atom stereocenters. The molecule has 0 spiro atoms. The third kappa shape index (κ3) is 2.95. The van der Waals surface area contributed by atoms with Crippen LogP contribution in [-0.4, -0.2) is 16.7 Å². The maximum Gasteiger partial charge on any atom is 0.243 e. The number of nitrogens with zero attached hydrogens (tertiary/aromatic N) is 2. The molecule has 3 aromatic rings. The average molecular weight is 281 g/mol. The summed E-state index contributed by atoms with van der Waals surface area (Å²) in [7, 11) is 0. The lowest BCUT2D eigenvalue weighted by Gasteiger charge is -2.06. The van der Waals surface area contributed by atoms with Gasteiger partial charge in [-0.25, -0.2) is 0 Å². The first kappa shape index (κ1) is 13.8. The van der Waals surface area contributed by atoms with E-state index in [4.69, 9.17) is 4.52 Å². The summed E-state index contributed by atoms with van der Waals surface area (Å²) in [5, 5.41) is 9.83. The molecule has 4 nitrogen and oxygen atoms in total. The fourth-order valence-corrected chi connectivity index (χ4v) is 2.30. The van der Waals surface area contributed by atoms with Crippen LogP contribution >= 0.6 is 0 Å². The van der Waals surface area contributed by atoms with E-state index in [2.05, 4.69) is 46.6 Å². The second kappa shape index (κ2) is 6.06. The van der Waals surface area contributed by atoms with E-state index >= 15 is 0 Å². The number of benzene rings is 2. The van der Waals surface area contributed by atoms with E-state index < -0.39 is 0 Å². The molecular weight excluding hydrogens is 262 g/mol. The molecule has 2 aromatic carbocycles. The molecule has 1 heterocycles. The lowest BCUT2D eigenvalue weighted by molar-refractivity contribution is 0.340. The molecule has 0 saturated carbocycles. The van der Waals surface area contributed by atoms with Crippen molar-refractivity contribution in [3.63, 3.8) is 0 Å². The molecule has 0 bridgehead atoms. The quantitative estimate of drug-likeness (QED) is 0.769. The first-order valence-corrected chi connectivity index (χ1v) is 7.34. The predicted octanol–water partition coefficient (Wildman–Crippen LogP) is 3.95. The number of hydrogen-bond donors (Lipinski definition) is 1. The van der Waals surface area contributed by atoms with Crippen LogP contribution in [0.15, 0.2) is 47.0 Å². The predicted molar refractivity (Wildman–Crippen MR) is 83.9 cm³/mol. The fraction of sp³-hybridized carbons (Fsp3) is 0.294. The molecule has 0 aliphatic carbocycles. The standard InChI is InChI=1S/C17H19N3O/c1-3-10-18-12(2)17-19-16(20-21-17)15-9-8-13-6-4-5-7-14(13)11-15/h4-9,11-12,18H,3,10H2,1-2H3. The van der Waals surface area contributed by atoms with Crippen LogP contribution in [0.2, 0.25) is 0 Å². The van der Waals surface area contributed by atoms with Gasteiger partial charge in [-0.05, 0) is 36.7 Å². The zero-order valence-electron chi connectivity index (χ0n) is 12.3. The van der Waals surface area contributed by atoms with Crippen molar-refractivity contribution in [2.75, 3.05) is 6.54 Å². The van der Waals surface area contributed by atoms with E-state index in [1.54, 1.807) is 0 Å². The molecule has 0 fully saturated rings. The van der Waals surface area contributed by atoms with Crippen LogP contribution in [0, 0.1) is 0 Å². The Labute approximate surface area is 124 Å². The molecule has 0 aliphatic rings. The lowest BCUT2D eigenvalue weighted by atomic mass is 10.1. The molecule has 0 saturated heterocycles. The molecule has 0 aliphatic heterocycles. The summed E-state index contributed by atoms with van der Waals surface area (Å²) >= 11 is 0. The first-order chi connectivity index (χ1) is 10.3. The van der Waals surface area contributed by atoms with Gasteiger partial charge in [0.05, 0.1) is 6.04 Å². The molecule has 1 aromatic heterocycles. The van der Waals surface area contributed by atoms with Gasteiger partial charge in [-0.3, -0.25) is 0 Å².